The van der Waals surface area contributed by atoms with Gasteiger partial charge in [0.1, 0.15) is 0 Å². The Bertz CT molecular complexity index is 253. The van der Waals surface area contributed by atoms with Crippen LogP contribution in [0.1, 0.15) is 12.8 Å². The van der Waals surface area contributed by atoms with Gasteiger partial charge in [0.25, 0.3) is 0 Å². The fraction of sp³-hybridized carbons (Fsp3) is 0.250. The molecule has 0 aromatic heterocycles. The molecule has 0 aliphatic heterocycles. The molecule has 0 spiro atoms. The molecule has 0 aromatic rings. The zero-order valence-corrected chi connectivity index (χ0v) is 6.86. The number of amides is 1. The summed E-state index contributed by atoms with van der Waals surface area (Å²) < 4.78 is 0. The Morgan fingerprint density at radius 2 is 2.45 bits per heavy atom. The monoisotopic (exact) mass is 167 g/mol. The van der Waals surface area contributed by atoms with Gasteiger partial charge in [0.2, 0.25) is 5.91 Å². The van der Waals surface area contributed by atoms with E-state index in [-0.39, 0.29) is 12.3 Å². The number of carbonyl (C=O) groups is 1. The van der Waals surface area contributed by atoms with E-state index in [1.165, 1.54) is 0 Å². The second-order valence-corrected chi connectivity index (χ2v) is 2.88. The molecule has 0 fully saturated rings. The number of nitrogens with two attached hydrogens (primary N) is 1. The van der Waals surface area contributed by atoms with Crippen LogP contribution in [0.4, 0.5) is 0 Å². The van der Waals surface area contributed by atoms with Gasteiger partial charge in [0.15, 0.2) is 0 Å². The maximum Gasteiger partial charge on any atom is 0.221 e. The minimum atomic E-state index is -0.325. The summed E-state index contributed by atoms with van der Waals surface area (Å²) in [7, 11) is 0. The second-order valence-electron chi connectivity index (χ2n) is 2.39. The molecule has 1 aliphatic rings. The molecule has 2 nitrogen and oxygen atoms in total. The van der Waals surface area contributed by atoms with Crippen molar-refractivity contribution in [3.05, 3.63) is 23.8 Å². The minimum absolute atomic E-state index is 0.267. The Balaban J connectivity index is 2.68. The van der Waals surface area contributed by atoms with E-state index in [0.717, 1.165) is 16.9 Å². The molecule has 0 bridgehead atoms. The Labute approximate surface area is 70.8 Å². The molecule has 1 rings (SSSR count). The van der Waals surface area contributed by atoms with Crippen LogP contribution in [0, 0.1) is 0 Å². The summed E-state index contributed by atoms with van der Waals surface area (Å²) in [5.74, 6) is -0.325. The van der Waals surface area contributed by atoms with Gasteiger partial charge < -0.3 is 5.73 Å². The maximum atomic E-state index is 10.5. The molecule has 0 saturated heterocycles. The van der Waals surface area contributed by atoms with Gasteiger partial charge in [0, 0.05) is 11.3 Å². The van der Waals surface area contributed by atoms with Gasteiger partial charge in [-0.05, 0) is 5.57 Å². The van der Waals surface area contributed by atoms with Crippen LogP contribution in [0.2, 0.25) is 0 Å². The van der Waals surface area contributed by atoms with Crippen molar-refractivity contribution in [3.63, 3.8) is 0 Å². The van der Waals surface area contributed by atoms with Crippen molar-refractivity contribution in [2.75, 3.05) is 0 Å². The largest absolute Gasteiger partial charge is 0.369 e. The van der Waals surface area contributed by atoms with E-state index >= 15 is 0 Å². The van der Waals surface area contributed by atoms with E-state index in [1.807, 2.05) is 18.2 Å². The highest BCUT2D eigenvalue weighted by Gasteiger charge is 2.08. The van der Waals surface area contributed by atoms with Crippen LogP contribution in [-0.4, -0.2) is 10.8 Å². The summed E-state index contributed by atoms with van der Waals surface area (Å²) in [4.78, 5) is 11.3. The van der Waals surface area contributed by atoms with Crippen LogP contribution in [0.15, 0.2) is 23.8 Å². The Morgan fingerprint density at radius 1 is 1.73 bits per heavy atom. The van der Waals surface area contributed by atoms with E-state index in [1.54, 1.807) is 0 Å². The summed E-state index contributed by atoms with van der Waals surface area (Å²) in [5.41, 5.74) is 5.91. The average molecular weight is 167 g/mol. The second kappa shape index (κ2) is 3.44. The van der Waals surface area contributed by atoms with Gasteiger partial charge in [-0.15, -0.1) is 0 Å². The smallest absolute Gasteiger partial charge is 0.221 e. The van der Waals surface area contributed by atoms with Crippen LogP contribution >= 0.6 is 12.2 Å². The van der Waals surface area contributed by atoms with Gasteiger partial charge in [-0.1, -0.05) is 30.4 Å². The van der Waals surface area contributed by atoms with Crippen molar-refractivity contribution in [1.82, 2.24) is 0 Å². The van der Waals surface area contributed by atoms with E-state index in [0.29, 0.717) is 0 Å². The van der Waals surface area contributed by atoms with Gasteiger partial charge in [0.05, 0.1) is 6.42 Å². The standard InChI is InChI=1S/C8H9NOS/c9-8(10)5-6-3-1-2-4-7(6)11/h1-3H,4-5H2,(H2,9,10). The summed E-state index contributed by atoms with van der Waals surface area (Å²) in [6, 6.07) is 0. The number of hydrogen-bond donors (Lipinski definition) is 1. The zero-order valence-electron chi connectivity index (χ0n) is 6.04. The molecule has 0 heterocycles. The first-order chi connectivity index (χ1) is 5.20. The van der Waals surface area contributed by atoms with Gasteiger partial charge in [-0.25, -0.2) is 0 Å². The lowest BCUT2D eigenvalue weighted by Gasteiger charge is -2.07. The lowest BCUT2D eigenvalue weighted by atomic mass is 10.0. The number of primary amides is 1. The molecule has 2 N–H and O–H groups in total. The lowest BCUT2D eigenvalue weighted by molar-refractivity contribution is -0.117. The molecule has 58 valence electrons. The SMILES string of the molecule is NC(=O)CC1=CC=CCC1=S. The molecule has 1 aliphatic carbocycles. The number of hydrogen-bond acceptors (Lipinski definition) is 2. The van der Waals surface area contributed by atoms with Crippen LogP contribution in [-0.2, 0) is 4.79 Å². The first-order valence-corrected chi connectivity index (χ1v) is 3.78. The summed E-state index contributed by atoms with van der Waals surface area (Å²) in [6.07, 6.45) is 6.73. The first kappa shape index (κ1) is 8.14. The highest BCUT2D eigenvalue weighted by Crippen LogP contribution is 2.12. The highest BCUT2D eigenvalue weighted by molar-refractivity contribution is 7.80. The topological polar surface area (TPSA) is 43.1 Å². The van der Waals surface area contributed by atoms with Crippen LogP contribution in [0.25, 0.3) is 0 Å². The molecule has 0 aromatic carbocycles. The normalized spacial score (nSPS) is 16.4. The lowest BCUT2D eigenvalue weighted by Crippen LogP contribution is -2.15. The van der Waals surface area contributed by atoms with Crippen LogP contribution in [0.5, 0.6) is 0 Å². The van der Waals surface area contributed by atoms with Crippen molar-refractivity contribution >= 4 is 23.0 Å². The molecule has 0 saturated carbocycles. The Kier molecular flexibility index (Phi) is 2.54. The number of rotatable bonds is 2. The summed E-state index contributed by atoms with van der Waals surface area (Å²) in [5, 5.41) is 0. The van der Waals surface area contributed by atoms with Crippen LogP contribution in [0.3, 0.4) is 0 Å². The molecule has 3 heteroatoms. The molecular weight excluding hydrogens is 158 g/mol. The zero-order chi connectivity index (χ0) is 8.27. The van der Waals surface area contributed by atoms with Gasteiger partial charge in [-0.2, -0.15) is 0 Å². The van der Waals surface area contributed by atoms with Crippen molar-refractivity contribution in [2.24, 2.45) is 5.73 Å². The van der Waals surface area contributed by atoms with Crippen molar-refractivity contribution in [2.45, 2.75) is 12.8 Å². The molecular formula is C8H9NOS. The molecule has 1 amide bonds. The molecule has 0 unspecified atom stereocenters. The Hall–Kier alpha value is -0.960. The third kappa shape index (κ3) is 2.27. The average Bonchev–Trinajstić information content (AvgIpc) is 1.93. The third-order valence-electron chi connectivity index (χ3n) is 1.46. The van der Waals surface area contributed by atoms with Gasteiger partial charge in [-0.3, -0.25) is 4.79 Å². The number of carbonyl (C=O) groups excluding carboxylic acids is 1. The Morgan fingerprint density at radius 3 is 3.00 bits per heavy atom. The summed E-state index contributed by atoms with van der Waals surface area (Å²) >= 11 is 5.02. The highest BCUT2D eigenvalue weighted by atomic mass is 32.1. The predicted molar refractivity (Wildman–Crippen MR) is 48.2 cm³/mol. The number of thiocarbonyl (C=S) groups is 1. The fourth-order valence-corrected chi connectivity index (χ4v) is 1.16. The van der Waals surface area contributed by atoms with E-state index in [9.17, 15) is 4.79 Å². The number of allylic oxidation sites excluding steroid dienone is 3. The van der Waals surface area contributed by atoms with Crippen LogP contribution < -0.4 is 5.73 Å². The predicted octanol–water partition coefficient (Wildman–Crippen LogP) is 1.12. The molecule has 0 atom stereocenters. The quantitative estimate of drug-likeness (QED) is 0.626. The van der Waals surface area contributed by atoms with Gasteiger partial charge >= 0.3 is 0 Å². The maximum absolute atomic E-state index is 10.5. The third-order valence-corrected chi connectivity index (χ3v) is 1.89. The van der Waals surface area contributed by atoms with Crippen molar-refractivity contribution < 1.29 is 4.79 Å². The van der Waals surface area contributed by atoms with Crippen molar-refractivity contribution in [1.29, 1.82) is 0 Å². The minimum Gasteiger partial charge on any atom is -0.369 e. The molecule has 11 heavy (non-hydrogen) atoms. The summed E-state index contributed by atoms with van der Waals surface area (Å²) in [6.45, 7) is 0. The fourth-order valence-electron chi connectivity index (χ4n) is 0.929. The van der Waals surface area contributed by atoms with E-state index in [4.69, 9.17) is 18.0 Å². The molecule has 0 radical (unpaired) electrons. The van der Waals surface area contributed by atoms with E-state index < -0.39 is 0 Å². The van der Waals surface area contributed by atoms with Crippen molar-refractivity contribution in [3.8, 4) is 0 Å². The van der Waals surface area contributed by atoms with E-state index in [2.05, 4.69) is 0 Å². The first-order valence-electron chi connectivity index (χ1n) is 3.37.